The van der Waals surface area contributed by atoms with Crippen LogP contribution in [0.1, 0.15) is 53.4 Å². The molecule has 0 aliphatic carbocycles. The van der Waals surface area contributed by atoms with E-state index < -0.39 is 0 Å². The molecule has 0 aromatic rings. The normalized spacial score (nSPS) is 13.1. The Morgan fingerprint density at radius 2 is 1.50 bits per heavy atom. The van der Waals surface area contributed by atoms with E-state index in [0.717, 1.165) is 25.7 Å². The van der Waals surface area contributed by atoms with Crippen LogP contribution in [0.15, 0.2) is 35.5 Å². The Morgan fingerprint density at radius 3 is 1.86 bits per heavy atom. The fraction of sp³-hybridized carbons (Fsp3) is 0.571. The lowest BCUT2D eigenvalue weighted by Crippen LogP contribution is -1.92. The maximum atomic E-state index is 4.13. The van der Waals surface area contributed by atoms with E-state index in [1.807, 2.05) is 0 Å². The van der Waals surface area contributed by atoms with Crippen LogP contribution < -0.4 is 0 Å². The van der Waals surface area contributed by atoms with Crippen LogP contribution >= 0.6 is 0 Å². The third-order valence-electron chi connectivity index (χ3n) is 2.39. The average Bonchev–Trinajstić information content (AvgIpc) is 2.22. The Balaban J connectivity index is 4.89. The molecule has 0 aliphatic heterocycles. The van der Waals surface area contributed by atoms with Crippen molar-refractivity contribution in [2.45, 2.75) is 53.4 Å². The summed E-state index contributed by atoms with van der Waals surface area (Å²) in [5.41, 5.74) is 4.12. The van der Waals surface area contributed by atoms with Gasteiger partial charge in [0.15, 0.2) is 0 Å². The zero-order valence-corrected chi connectivity index (χ0v) is 10.2. The maximum absolute atomic E-state index is 4.13. The van der Waals surface area contributed by atoms with Crippen molar-refractivity contribution in [3.63, 3.8) is 0 Å². The van der Waals surface area contributed by atoms with Crippen LogP contribution in [-0.2, 0) is 0 Å². The zero-order chi connectivity index (χ0) is 11.0. The van der Waals surface area contributed by atoms with Crippen molar-refractivity contribution >= 4 is 0 Å². The lowest BCUT2D eigenvalue weighted by atomic mass is 9.94. The van der Waals surface area contributed by atoms with E-state index in [-0.39, 0.29) is 0 Å². The molecule has 0 unspecified atom stereocenters. The maximum Gasteiger partial charge on any atom is -0.0242 e. The monoisotopic (exact) mass is 192 g/mol. The van der Waals surface area contributed by atoms with E-state index in [1.54, 1.807) is 0 Å². The number of hydrogen-bond donors (Lipinski definition) is 0. The van der Waals surface area contributed by atoms with Gasteiger partial charge >= 0.3 is 0 Å². The lowest BCUT2D eigenvalue weighted by Gasteiger charge is -2.12. The SMILES string of the molecule is C=C(CC)C(=CCC)C(=CCC)CC. The third kappa shape index (κ3) is 3.95. The first kappa shape index (κ1) is 13.2. The summed E-state index contributed by atoms with van der Waals surface area (Å²) in [6, 6.07) is 0. The van der Waals surface area contributed by atoms with Gasteiger partial charge in [-0.1, -0.05) is 46.4 Å². The third-order valence-corrected chi connectivity index (χ3v) is 2.39. The molecule has 0 spiro atoms. The van der Waals surface area contributed by atoms with Crippen LogP contribution in [0, 0.1) is 0 Å². The number of allylic oxidation sites excluding steroid dienone is 5. The van der Waals surface area contributed by atoms with E-state index in [9.17, 15) is 0 Å². The lowest BCUT2D eigenvalue weighted by molar-refractivity contribution is 1.02. The molecule has 0 rings (SSSR count). The van der Waals surface area contributed by atoms with Gasteiger partial charge in [-0.25, -0.2) is 0 Å². The van der Waals surface area contributed by atoms with Crippen molar-refractivity contribution in [3.05, 3.63) is 35.5 Å². The highest BCUT2D eigenvalue weighted by Gasteiger charge is 2.04. The Morgan fingerprint density at radius 1 is 0.929 bits per heavy atom. The molecule has 0 nitrogen and oxygen atoms in total. The molecule has 0 bridgehead atoms. The molecule has 0 heterocycles. The standard InChI is InChI=1S/C14H24/c1-6-10-13(9-4)14(11-7-2)12(5)8-3/h10-11H,5-9H2,1-4H3. The molecule has 14 heavy (non-hydrogen) atoms. The molecule has 0 amide bonds. The highest BCUT2D eigenvalue weighted by Crippen LogP contribution is 2.24. The van der Waals surface area contributed by atoms with Gasteiger partial charge in [-0.15, -0.1) is 0 Å². The zero-order valence-electron chi connectivity index (χ0n) is 10.2. The molecule has 0 aliphatic rings. The van der Waals surface area contributed by atoms with Gasteiger partial charge in [-0.05, 0) is 42.4 Å². The first-order chi connectivity index (χ1) is 6.71. The fourth-order valence-electron chi connectivity index (χ4n) is 1.59. The average molecular weight is 192 g/mol. The van der Waals surface area contributed by atoms with Crippen LogP contribution in [0.5, 0.6) is 0 Å². The van der Waals surface area contributed by atoms with Crippen molar-refractivity contribution < 1.29 is 0 Å². The molecule has 0 fully saturated rings. The van der Waals surface area contributed by atoms with Crippen molar-refractivity contribution in [2.75, 3.05) is 0 Å². The van der Waals surface area contributed by atoms with Gasteiger partial charge in [0.2, 0.25) is 0 Å². The van der Waals surface area contributed by atoms with Gasteiger partial charge in [-0.3, -0.25) is 0 Å². The molecule has 0 aromatic carbocycles. The van der Waals surface area contributed by atoms with E-state index in [2.05, 4.69) is 46.4 Å². The highest BCUT2D eigenvalue weighted by molar-refractivity contribution is 5.44. The molecule has 0 aromatic heterocycles. The second-order valence-electron chi connectivity index (χ2n) is 3.47. The van der Waals surface area contributed by atoms with Crippen molar-refractivity contribution in [1.29, 1.82) is 0 Å². The molecular formula is C14H24. The molecular weight excluding hydrogens is 168 g/mol. The summed E-state index contributed by atoms with van der Waals surface area (Å²) < 4.78 is 0. The van der Waals surface area contributed by atoms with E-state index in [0.29, 0.717) is 0 Å². The van der Waals surface area contributed by atoms with Crippen LogP contribution in [0.2, 0.25) is 0 Å². The largest absolute Gasteiger partial charge is 0.0952 e. The minimum atomic E-state index is 1.05. The van der Waals surface area contributed by atoms with Gasteiger partial charge in [0, 0.05) is 0 Å². The summed E-state index contributed by atoms with van der Waals surface area (Å²) in [5, 5.41) is 0. The van der Waals surface area contributed by atoms with Crippen molar-refractivity contribution in [1.82, 2.24) is 0 Å². The first-order valence-electron chi connectivity index (χ1n) is 5.78. The highest BCUT2D eigenvalue weighted by atomic mass is 14.1. The quantitative estimate of drug-likeness (QED) is 0.517. The van der Waals surface area contributed by atoms with Gasteiger partial charge in [0.1, 0.15) is 0 Å². The summed E-state index contributed by atoms with van der Waals surface area (Å²) in [6.07, 6.45) is 8.99. The summed E-state index contributed by atoms with van der Waals surface area (Å²) in [5.74, 6) is 0. The van der Waals surface area contributed by atoms with Gasteiger partial charge in [-0.2, -0.15) is 0 Å². The smallest absolute Gasteiger partial charge is 0.0242 e. The molecule has 0 heteroatoms. The first-order valence-corrected chi connectivity index (χ1v) is 5.78. The predicted molar refractivity (Wildman–Crippen MR) is 66.5 cm³/mol. The van der Waals surface area contributed by atoms with Crippen LogP contribution in [0.4, 0.5) is 0 Å². The Kier molecular flexibility index (Phi) is 7.18. The van der Waals surface area contributed by atoms with E-state index >= 15 is 0 Å². The summed E-state index contributed by atoms with van der Waals surface area (Å²) in [4.78, 5) is 0. The summed E-state index contributed by atoms with van der Waals surface area (Å²) in [7, 11) is 0. The Labute approximate surface area is 89.4 Å². The van der Waals surface area contributed by atoms with Gasteiger partial charge < -0.3 is 0 Å². The summed E-state index contributed by atoms with van der Waals surface area (Å²) in [6.45, 7) is 12.9. The second kappa shape index (κ2) is 7.61. The van der Waals surface area contributed by atoms with E-state index in [4.69, 9.17) is 0 Å². The Hall–Kier alpha value is -0.780. The fourth-order valence-corrected chi connectivity index (χ4v) is 1.59. The molecule has 0 atom stereocenters. The van der Waals surface area contributed by atoms with Crippen molar-refractivity contribution in [3.8, 4) is 0 Å². The molecule has 0 saturated carbocycles. The van der Waals surface area contributed by atoms with Crippen LogP contribution in [0.3, 0.4) is 0 Å². The number of rotatable bonds is 6. The van der Waals surface area contributed by atoms with Gasteiger partial charge in [0.05, 0.1) is 0 Å². The Bertz CT molecular complexity index is 228. The minimum absolute atomic E-state index is 1.05. The van der Waals surface area contributed by atoms with Crippen LogP contribution in [-0.4, -0.2) is 0 Å². The molecule has 0 saturated heterocycles. The van der Waals surface area contributed by atoms with E-state index in [1.165, 1.54) is 16.7 Å². The summed E-state index contributed by atoms with van der Waals surface area (Å²) >= 11 is 0. The predicted octanol–water partition coefficient (Wildman–Crippen LogP) is 5.04. The molecule has 0 radical (unpaired) electrons. The minimum Gasteiger partial charge on any atom is -0.0952 e. The second-order valence-corrected chi connectivity index (χ2v) is 3.47. The molecule has 0 N–H and O–H groups in total. The van der Waals surface area contributed by atoms with Crippen LogP contribution in [0.25, 0.3) is 0 Å². The van der Waals surface area contributed by atoms with Crippen molar-refractivity contribution in [2.24, 2.45) is 0 Å². The van der Waals surface area contributed by atoms with Gasteiger partial charge in [0.25, 0.3) is 0 Å². The topological polar surface area (TPSA) is 0 Å². The molecule has 80 valence electrons. The number of hydrogen-bond acceptors (Lipinski definition) is 0.